The van der Waals surface area contributed by atoms with Crippen LogP contribution in [0.2, 0.25) is 0 Å². The molecule has 3 amide bonds. The number of nitrogens with one attached hydrogen (secondary N) is 3. The molecule has 0 heterocycles. The van der Waals surface area contributed by atoms with Gasteiger partial charge in [0.25, 0.3) is 0 Å². The van der Waals surface area contributed by atoms with Gasteiger partial charge in [0.05, 0.1) is 5.92 Å². The lowest BCUT2D eigenvalue weighted by molar-refractivity contribution is -0.145. The van der Waals surface area contributed by atoms with Crippen molar-refractivity contribution < 1.29 is 19.5 Å². The highest BCUT2D eigenvalue weighted by Crippen LogP contribution is 2.25. The fourth-order valence-corrected chi connectivity index (χ4v) is 3.27. The number of carbonyl (C=O) groups is 3. The minimum absolute atomic E-state index is 0.0288. The third-order valence-electron chi connectivity index (χ3n) is 4.83. The number of halogens is 1. The van der Waals surface area contributed by atoms with Gasteiger partial charge in [-0.1, -0.05) is 67.0 Å². The second-order valence-corrected chi connectivity index (χ2v) is 9.27. The van der Waals surface area contributed by atoms with Gasteiger partial charge in [-0.15, -0.1) is 0 Å². The van der Waals surface area contributed by atoms with E-state index in [9.17, 15) is 19.5 Å². The molecule has 8 heteroatoms. The minimum Gasteiger partial charge on any atom is -0.481 e. The van der Waals surface area contributed by atoms with E-state index in [2.05, 4.69) is 31.9 Å². The summed E-state index contributed by atoms with van der Waals surface area (Å²) in [7, 11) is 0. The van der Waals surface area contributed by atoms with E-state index >= 15 is 0 Å². The molecule has 0 saturated carbocycles. The number of carboxylic acid groups (broad SMARTS) is 1. The molecule has 31 heavy (non-hydrogen) atoms. The zero-order valence-electron chi connectivity index (χ0n) is 17.8. The lowest BCUT2D eigenvalue weighted by Gasteiger charge is -2.28. The van der Waals surface area contributed by atoms with Gasteiger partial charge in [-0.3, -0.25) is 9.59 Å². The van der Waals surface area contributed by atoms with Crippen LogP contribution in [-0.4, -0.2) is 35.6 Å². The van der Waals surface area contributed by atoms with Gasteiger partial charge in [0.15, 0.2) is 0 Å². The van der Waals surface area contributed by atoms with Crippen molar-refractivity contribution in [2.75, 3.05) is 11.9 Å². The predicted octanol–water partition coefficient (Wildman–Crippen LogP) is 4.05. The molecular formula is C23H28BrN3O4. The van der Waals surface area contributed by atoms with E-state index < -0.39 is 35.3 Å². The molecule has 1 unspecified atom stereocenters. The van der Waals surface area contributed by atoms with Gasteiger partial charge in [-0.2, -0.15) is 0 Å². The number of hydrogen-bond donors (Lipinski definition) is 4. The number of aliphatic carboxylic acids is 1. The molecule has 2 atom stereocenters. The van der Waals surface area contributed by atoms with Crippen molar-refractivity contribution in [3.8, 4) is 0 Å². The van der Waals surface area contributed by atoms with Crippen LogP contribution in [0.4, 0.5) is 10.5 Å². The highest BCUT2D eigenvalue weighted by atomic mass is 79.9. The number of anilines is 1. The maximum atomic E-state index is 12.9. The number of rotatable bonds is 8. The second kappa shape index (κ2) is 10.9. The number of amides is 3. The molecule has 2 aromatic rings. The first-order chi connectivity index (χ1) is 14.6. The highest BCUT2D eigenvalue weighted by Gasteiger charge is 2.32. The van der Waals surface area contributed by atoms with Gasteiger partial charge >= 0.3 is 12.0 Å². The normalized spacial score (nSPS) is 13.0. The van der Waals surface area contributed by atoms with Crippen LogP contribution in [-0.2, 0) is 16.0 Å². The van der Waals surface area contributed by atoms with Gasteiger partial charge in [-0.05, 0) is 35.2 Å². The monoisotopic (exact) mass is 489 g/mol. The van der Waals surface area contributed by atoms with Gasteiger partial charge in [0.2, 0.25) is 5.91 Å². The number of carbonyl (C=O) groups excluding carboxylic acids is 2. The first-order valence-electron chi connectivity index (χ1n) is 9.94. The molecule has 0 saturated heterocycles. The van der Waals surface area contributed by atoms with Gasteiger partial charge < -0.3 is 21.1 Å². The maximum Gasteiger partial charge on any atom is 0.319 e. The molecule has 0 aliphatic rings. The molecule has 2 aromatic carbocycles. The Morgan fingerprint density at radius 3 is 2.16 bits per heavy atom. The topological polar surface area (TPSA) is 108 Å². The summed E-state index contributed by atoms with van der Waals surface area (Å²) < 4.78 is 0.881. The average Bonchev–Trinajstić information content (AvgIpc) is 2.68. The van der Waals surface area contributed by atoms with Crippen LogP contribution in [0.5, 0.6) is 0 Å². The molecule has 166 valence electrons. The van der Waals surface area contributed by atoms with Crippen molar-refractivity contribution in [2.45, 2.75) is 33.2 Å². The van der Waals surface area contributed by atoms with E-state index in [1.54, 1.807) is 24.3 Å². The van der Waals surface area contributed by atoms with Crippen LogP contribution < -0.4 is 16.0 Å². The van der Waals surface area contributed by atoms with Crippen LogP contribution in [0.15, 0.2) is 59.1 Å². The summed E-state index contributed by atoms with van der Waals surface area (Å²) >= 11 is 3.34. The van der Waals surface area contributed by atoms with Crippen molar-refractivity contribution >= 4 is 39.5 Å². The van der Waals surface area contributed by atoms with Crippen molar-refractivity contribution in [2.24, 2.45) is 11.3 Å². The standard InChI is InChI=1S/C23H28BrN3O4/c1-23(2,3)18(21(29)30)14-25-20(28)19(13-15-7-5-4-6-8-15)27-22(31)26-17-11-9-16(24)10-12-17/h4-12,18-19H,13-14H2,1-3H3,(H,25,28)(H,29,30)(H2,26,27,31)/t18?,19-/m0/s1. The second-order valence-electron chi connectivity index (χ2n) is 8.35. The van der Waals surface area contributed by atoms with Gasteiger partial charge in [0, 0.05) is 23.1 Å². The summed E-state index contributed by atoms with van der Waals surface area (Å²) in [5, 5.41) is 17.6. The predicted molar refractivity (Wildman–Crippen MR) is 124 cm³/mol. The van der Waals surface area contributed by atoms with E-state index in [1.807, 2.05) is 51.1 Å². The zero-order chi connectivity index (χ0) is 23.0. The number of benzene rings is 2. The molecule has 0 aliphatic carbocycles. The summed E-state index contributed by atoms with van der Waals surface area (Å²) in [6.45, 7) is 5.40. The van der Waals surface area contributed by atoms with Crippen LogP contribution >= 0.6 is 15.9 Å². The van der Waals surface area contributed by atoms with Crippen LogP contribution in [0.25, 0.3) is 0 Å². The van der Waals surface area contributed by atoms with E-state index in [0.29, 0.717) is 5.69 Å². The molecule has 2 rings (SSSR count). The molecule has 0 bridgehead atoms. The average molecular weight is 490 g/mol. The largest absolute Gasteiger partial charge is 0.481 e. The Kier molecular flexibility index (Phi) is 8.62. The Labute approximate surface area is 190 Å². The van der Waals surface area contributed by atoms with E-state index in [1.165, 1.54) is 0 Å². The summed E-state index contributed by atoms with van der Waals surface area (Å²) in [5.74, 6) is -2.18. The van der Waals surface area contributed by atoms with Crippen LogP contribution in [0.1, 0.15) is 26.3 Å². The van der Waals surface area contributed by atoms with Crippen LogP contribution in [0.3, 0.4) is 0 Å². The summed E-state index contributed by atoms with van der Waals surface area (Å²) in [5.41, 5.74) is 0.927. The van der Waals surface area contributed by atoms with Gasteiger partial charge in [-0.25, -0.2) is 4.79 Å². The minimum atomic E-state index is -0.978. The zero-order valence-corrected chi connectivity index (χ0v) is 19.4. The first kappa shape index (κ1) is 24.4. The summed E-state index contributed by atoms with van der Waals surface area (Å²) in [4.78, 5) is 37.0. The van der Waals surface area contributed by atoms with Crippen molar-refractivity contribution in [3.63, 3.8) is 0 Å². The van der Waals surface area contributed by atoms with Crippen LogP contribution in [0, 0.1) is 11.3 Å². The first-order valence-corrected chi connectivity index (χ1v) is 10.7. The Bertz CT molecular complexity index is 895. The molecule has 0 spiro atoms. The lowest BCUT2D eigenvalue weighted by atomic mass is 9.80. The molecule has 4 N–H and O–H groups in total. The smallest absolute Gasteiger partial charge is 0.319 e. The van der Waals surface area contributed by atoms with E-state index in [-0.39, 0.29) is 13.0 Å². The molecular weight excluding hydrogens is 462 g/mol. The fourth-order valence-electron chi connectivity index (χ4n) is 3.01. The van der Waals surface area contributed by atoms with E-state index in [4.69, 9.17) is 0 Å². The Hall–Kier alpha value is -2.87. The molecule has 7 nitrogen and oxygen atoms in total. The molecule has 0 aromatic heterocycles. The Morgan fingerprint density at radius 1 is 1.00 bits per heavy atom. The maximum absolute atomic E-state index is 12.9. The Morgan fingerprint density at radius 2 is 1.61 bits per heavy atom. The molecule has 0 radical (unpaired) electrons. The Balaban J connectivity index is 2.09. The van der Waals surface area contributed by atoms with Crippen molar-refractivity contribution in [3.05, 3.63) is 64.6 Å². The van der Waals surface area contributed by atoms with Crippen molar-refractivity contribution in [1.29, 1.82) is 0 Å². The van der Waals surface area contributed by atoms with E-state index in [0.717, 1.165) is 10.0 Å². The number of carboxylic acids is 1. The summed E-state index contributed by atoms with van der Waals surface area (Å²) in [6.07, 6.45) is 0.272. The van der Waals surface area contributed by atoms with Crippen molar-refractivity contribution in [1.82, 2.24) is 10.6 Å². The highest BCUT2D eigenvalue weighted by molar-refractivity contribution is 9.10. The third-order valence-corrected chi connectivity index (χ3v) is 5.36. The summed E-state index contributed by atoms with van der Waals surface area (Å²) in [6, 6.07) is 15.0. The lowest BCUT2D eigenvalue weighted by Crippen LogP contribution is -2.51. The number of urea groups is 1. The fraction of sp³-hybridized carbons (Fsp3) is 0.348. The van der Waals surface area contributed by atoms with Gasteiger partial charge in [0.1, 0.15) is 6.04 Å². The third kappa shape index (κ3) is 8.05. The quantitative estimate of drug-likeness (QED) is 0.448. The molecule has 0 fully saturated rings. The molecule has 0 aliphatic heterocycles. The SMILES string of the molecule is CC(C)(C)C(CNC(=O)[C@H](Cc1ccccc1)NC(=O)Nc1ccc(Br)cc1)C(=O)O. The number of hydrogen-bond acceptors (Lipinski definition) is 3.